The number of rotatable bonds is 3. The smallest absolute Gasteiger partial charge is 0.355 e. The molecule has 0 unspecified atom stereocenters. The number of carbonyl (C=O) groups is 1. The van der Waals surface area contributed by atoms with Gasteiger partial charge in [-0.3, -0.25) is 0 Å². The summed E-state index contributed by atoms with van der Waals surface area (Å²) in [4.78, 5) is 15.1. The molecule has 1 aromatic carbocycles. The van der Waals surface area contributed by atoms with Crippen LogP contribution in [0.4, 0.5) is 0 Å². The number of aromatic nitrogens is 3. The van der Waals surface area contributed by atoms with E-state index in [0.29, 0.717) is 11.6 Å². The van der Waals surface area contributed by atoms with E-state index in [4.69, 9.17) is 9.15 Å². The first kappa shape index (κ1) is 13.4. The molecule has 0 fully saturated rings. The van der Waals surface area contributed by atoms with Gasteiger partial charge in [0.1, 0.15) is 5.69 Å². The van der Waals surface area contributed by atoms with Crippen LogP contribution in [-0.2, 0) is 11.3 Å². The number of esters is 1. The molecule has 2 heterocycles. The highest BCUT2D eigenvalue weighted by molar-refractivity contribution is 5.96. The topological polar surface area (TPSA) is 81.0 Å². The van der Waals surface area contributed by atoms with Gasteiger partial charge in [0.05, 0.1) is 0 Å². The Bertz CT molecular complexity index is 817. The fourth-order valence-corrected chi connectivity index (χ4v) is 2.31. The van der Waals surface area contributed by atoms with Gasteiger partial charge in [-0.25, -0.2) is 4.79 Å². The van der Waals surface area contributed by atoms with Crippen LogP contribution in [0.25, 0.3) is 10.9 Å². The maximum atomic E-state index is 12.0. The third kappa shape index (κ3) is 2.65. The van der Waals surface area contributed by atoms with E-state index < -0.39 is 5.97 Å². The number of hydrogen-bond donors (Lipinski definition) is 1. The zero-order valence-corrected chi connectivity index (χ0v) is 12.1. The number of ether oxygens (including phenoxy) is 1. The molecule has 0 aliphatic rings. The molecule has 0 saturated carbocycles. The molecule has 0 atom stereocenters. The highest BCUT2D eigenvalue weighted by Gasteiger charge is 2.14. The van der Waals surface area contributed by atoms with E-state index in [1.54, 1.807) is 13.0 Å². The molecule has 1 N–H and O–H groups in total. The molecule has 0 spiro atoms. The summed E-state index contributed by atoms with van der Waals surface area (Å²) in [5.41, 5.74) is 3.60. The van der Waals surface area contributed by atoms with Gasteiger partial charge in [0, 0.05) is 17.8 Å². The number of aryl methyl sites for hydroxylation is 3. The van der Waals surface area contributed by atoms with Crippen molar-refractivity contribution in [3.8, 4) is 0 Å². The van der Waals surface area contributed by atoms with Crippen LogP contribution < -0.4 is 0 Å². The minimum Gasteiger partial charge on any atom is -0.451 e. The lowest BCUT2D eigenvalue weighted by Gasteiger charge is -1.98. The second-order valence-corrected chi connectivity index (χ2v) is 5.02. The summed E-state index contributed by atoms with van der Waals surface area (Å²) >= 11 is 0. The van der Waals surface area contributed by atoms with Crippen molar-refractivity contribution in [2.24, 2.45) is 0 Å². The first-order valence-corrected chi connectivity index (χ1v) is 6.59. The maximum absolute atomic E-state index is 12.0. The van der Waals surface area contributed by atoms with Gasteiger partial charge in [0.15, 0.2) is 6.61 Å². The number of hydrogen-bond acceptors (Lipinski definition) is 5. The van der Waals surface area contributed by atoms with Crippen LogP contribution >= 0.6 is 0 Å². The van der Waals surface area contributed by atoms with Gasteiger partial charge in [-0.1, -0.05) is 6.07 Å². The van der Waals surface area contributed by atoms with E-state index in [1.807, 2.05) is 19.9 Å². The lowest BCUT2D eigenvalue weighted by atomic mass is 10.1. The third-order valence-electron chi connectivity index (χ3n) is 3.20. The largest absolute Gasteiger partial charge is 0.451 e. The van der Waals surface area contributed by atoms with Crippen LogP contribution in [0.3, 0.4) is 0 Å². The van der Waals surface area contributed by atoms with Crippen LogP contribution in [0.1, 0.15) is 33.4 Å². The number of nitrogens with zero attached hydrogens (tertiary/aromatic N) is 2. The van der Waals surface area contributed by atoms with Crippen molar-refractivity contribution in [1.82, 2.24) is 15.2 Å². The van der Waals surface area contributed by atoms with E-state index in [1.165, 1.54) is 0 Å². The van der Waals surface area contributed by atoms with Gasteiger partial charge < -0.3 is 14.1 Å². The van der Waals surface area contributed by atoms with Gasteiger partial charge in [-0.2, -0.15) is 0 Å². The molecule has 108 valence electrons. The molecule has 3 aromatic rings. The fraction of sp³-hybridized carbons (Fsp3) is 0.267. The Balaban J connectivity index is 1.80. The summed E-state index contributed by atoms with van der Waals surface area (Å²) < 4.78 is 10.3. The zero-order valence-electron chi connectivity index (χ0n) is 12.1. The van der Waals surface area contributed by atoms with Crippen molar-refractivity contribution in [1.29, 1.82) is 0 Å². The first-order valence-electron chi connectivity index (χ1n) is 6.59. The van der Waals surface area contributed by atoms with Crippen molar-refractivity contribution >= 4 is 16.9 Å². The second kappa shape index (κ2) is 5.05. The minimum absolute atomic E-state index is 0.0347. The SMILES string of the molecule is Cc1cc(C)c2cc(C(=O)OCc3nnc(C)o3)[nH]c2c1. The predicted molar refractivity (Wildman–Crippen MR) is 75.9 cm³/mol. The van der Waals surface area contributed by atoms with Gasteiger partial charge >= 0.3 is 5.97 Å². The molecular weight excluding hydrogens is 270 g/mol. The summed E-state index contributed by atoms with van der Waals surface area (Å²) in [6.45, 7) is 5.68. The summed E-state index contributed by atoms with van der Waals surface area (Å²) in [6.07, 6.45) is 0. The van der Waals surface area contributed by atoms with E-state index >= 15 is 0 Å². The molecule has 2 aromatic heterocycles. The van der Waals surface area contributed by atoms with E-state index in [-0.39, 0.29) is 12.5 Å². The fourth-order valence-electron chi connectivity index (χ4n) is 2.31. The van der Waals surface area contributed by atoms with Gasteiger partial charge in [-0.15, -0.1) is 10.2 Å². The predicted octanol–water partition coefficient (Wildman–Crippen LogP) is 2.83. The second-order valence-electron chi connectivity index (χ2n) is 5.02. The van der Waals surface area contributed by atoms with Gasteiger partial charge in [0.2, 0.25) is 5.89 Å². The van der Waals surface area contributed by atoms with Crippen molar-refractivity contribution in [2.45, 2.75) is 27.4 Å². The standard InChI is InChI=1S/C15H15N3O3/c1-8-4-9(2)11-6-13(16-12(11)5-8)15(19)20-7-14-18-17-10(3)21-14/h4-6,16H,7H2,1-3H3. The number of carbonyl (C=O) groups excluding carboxylic acids is 1. The average molecular weight is 285 g/mol. The number of aromatic amines is 1. The van der Waals surface area contributed by atoms with E-state index in [9.17, 15) is 4.79 Å². The zero-order chi connectivity index (χ0) is 15.0. The Labute approximate surface area is 121 Å². The molecular formula is C15H15N3O3. The number of nitrogens with one attached hydrogen (secondary N) is 1. The first-order chi connectivity index (χ1) is 10.0. The quantitative estimate of drug-likeness (QED) is 0.748. The molecule has 6 heteroatoms. The molecule has 0 saturated heterocycles. The molecule has 0 bridgehead atoms. The number of fused-ring (bicyclic) bond motifs is 1. The summed E-state index contributed by atoms with van der Waals surface area (Å²) in [5.74, 6) is 0.279. The Hall–Kier alpha value is -2.63. The Morgan fingerprint density at radius 1 is 1.24 bits per heavy atom. The number of H-pyrrole nitrogens is 1. The molecule has 0 radical (unpaired) electrons. The van der Waals surface area contributed by atoms with Gasteiger partial charge in [0.25, 0.3) is 5.89 Å². The van der Waals surface area contributed by atoms with Crippen molar-refractivity contribution < 1.29 is 13.9 Å². The summed E-state index contributed by atoms with van der Waals surface area (Å²) in [7, 11) is 0. The van der Waals surface area contributed by atoms with Crippen LogP contribution in [-0.4, -0.2) is 21.2 Å². The van der Waals surface area contributed by atoms with Crippen molar-refractivity contribution in [2.75, 3.05) is 0 Å². The van der Waals surface area contributed by atoms with Crippen LogP contribution in [0, 0.1) is 20.8 Å². The summed E-state index contributed by atoms with van der Waals surface area (Å²) in [5, 5.41) is 8.47. The number of benzene rings is 1. The highest BCUT2D eigenvalue weighted by atomic mass is 16.5. The monoisotopic (exact) mass is 285 g/mol. The molecule has 0 aliphatic carbocycles. The Morgan fingerprint density at radius 2 is 2.05 bits per heavy atom. The van der Waals surface area contributed by atoms with Crippen LogP contribution in [0.5, 0.6) is 0 Å². The molecule has 6 nitrogen and oxygen atoms in total. The van der Waals surface area contributed by atoms with E-state index in [2.05, 4.69) is 21.2 Å². The molecule has 0 aliphatic heterocycles. The lowest BCUT2D eigenvalue weighted by Crippen LogP contribution is -2.05. The minimum atomic E-state index is -0.445. The molecule has 3 rings (SSSR count). The average Bonchev–Trinajstić information content (AvgIpc) is 3.02. The van der Waals surface area contributed by atoms with Crippen LogP contribution in [0.2, 0.25) is 0 Å². The van der Waals surface area contributed by atoms with E-state index in [0.717, 1.165) is 22.0 Å². The van der Waals surface area contributed by atoms with Gasteiger partial charge in [-0.05, 0) is 37.1 Å². The normalized spacial score (nSPS) is 11.0. The van der Waals surface area contributed by atoms with Crippen LogP contribution in [0.15, 0.2) is 22.6 Å². The molecule has 21 heavy (non-hydrogen) atoms. The Kier molecular flexibility index (Phi) is 3.21. The Morgan fingerprint density at radius 3 is 2.76 bits per heavy atom. The molecule has 0 amide bonds. The van der Waals surface area contributed by atoms with Crippen molar-refractivity contribution in [3.05, 3.63) is 46.8 Å². The highest BCUT2D eigenvalue weighted by Crippen LogP contribution is 2.22. The van der Waals surface area contributed by atoms with Crippen molar-refractivity contribution in [3.63, 3.8) is 0 Å². The summed E-state index contributed by atoms with van der Waals surface area (Å²) in [6, 6.07) is 5.87. The maximum Gasteiger partial charge on any atom is 0.355 e. The third-order valence-corrected chi connectivity index (χ3v) is 3.20. The lowest BCUT2D eigenvalue weighted by molar-refractivity contribution is 0.0431.